The molecular weight excluding hydrogens is 218 g/mol. The van der Waals surface area contributed by atoms with Crippen LogP contribution in [0, 0.1) is 0 Å². The number of allylic oxidation sites excluding steroid dienone is 1. The normalized spacial score (nSPS) is 19.2. The molecule has 0 spiro atoms. The van der Waals surface area contributed by atoms with Gasteiger partial charge in [0.25, 0.3) is 0 Å². The zero-order chi connectivity index (χ0) is 11.4. The molecule has 1 nitrogen and oxygen atoms in total. The van der Waals surface area contributed by atoms with Crippen LogP contribution in [0.15, 0.2) is 30.4 Å². The van der Waals surface area contributed by atoms with Crippen molar-refractivity contribution >= 4 is 11.6 Å². The maximum Gasteiger partial charge on any atom is 0.0409 e. The largest absolute Gasteiger partial charge is 0.310 e. The lowest BCUT2D eigenvalue weighted by molar-refractivity contribution is 0.536. The van der Waals surface area contributed by atoms with Crippen molar-refractivity contribution in [2.24, 2.45) is 0 Å². The summed E-state index contributed by atoms with van der Waals surface area (Å²) < 4.78 is 0. The van der Waals surface area contributed by atoms with Crippen LogP contribution in [0.25, 0.3) is 0 Å². The molecule has 0 amide bonds. The summed E-state index contributed by atoms with van der Waals surface area (Å²) >= 11 is 6.03. The minimum atomic E-state index is 0.499. The van der Waals surface area contributed by atoms with E-state index in [2.05, 4.69) is 36.5 Å². The predicted octanol–water partition coefficient (Wildman–Crippen LogP) is 3.88. The van der Waals surface area contributed by atoms with E-state index in [1.54, 1.807) is 0 Å². The van der Waals surface area contributed by atoms with E-state index in [4.69, 9.17) is 11.6 Å². The van der Waals surface area contributed by atoms with E-state index in [0.29, 0.717) is 6.04 Å². The lowest BCUT2D eigenvalue weighted by Crippen LogP contribution is -2.19. The average Bonchev–Trinajstić information content (AvgIpc) is 2.67. The van der Waals surface area contributed by atoms with Crippen LogP contribution < -0.4 is 5.32 Å². The van der Waals surface area contributed by atoms with E-state index in [1.165, 1.54) is 24.0 Å². The SMILES string of the molecule is C/C=C/CCNC1CCc2ccc(Cl)cc21. The first-order valence-electron chi connectivity index (χ1n) is 5.94. The Bertz CT molecular complexity index is 384. The lowest BCUT2D eigenvalue weighted by Gasteiger charge is -2.13. The van der Waals surface area contributed by atoms with Gasteiger partial charge in [-0.2, -0.15) is 0 Å². The van der Waals surface area contributed by atoms with Crippen molar-refractivity contribution in [2.75, 3.05) is 6.54 Å². The van der Waals surface area contributed by atoms with Crippen LogP contribution in [0.5, 0.6) is 0 Å². The molecule has 1 aliphatic rings. The Balaban J connectivity index is 1.97. The van der Waals surface area contributed by atoms with E-state index in [-0.39, 0.29) is 0 Å². The fourth-order valence-corrected chi connectivity index (χ4v) is 2.47. The molecule has 0 radical (unpaired) electrons. The highest BCUT2D eigenvalue weighted by Crippen LogP contribution is 2.32. The molecule has 0 bridgehead atoms. The zero-order valence-corrected chi connectivity index (χ0v) is 10.4. The lowest BCUT2D eigenvalue weighted by atomic mass is 10.1. The molecule has 0 aliphatic heterocycles. The van der Waals surface area contributed by atoms with Crippen molar-refractivity contribution in [2.45, 2.75) is 32.2 Å². The molecule has 1 aliphatic carbocycles. The van der Waals surface area contributed by atoms with Gasteiger partial charge >= 0.3 is 0 Å². The molecule has 16 heavy (non-hydrogen) atoms. The zero-order valence-electron chi connectivity index (χ0n) is 9.67. The maximum absolute atomic E-state index is 6.03. The first kappa shape index (κ1) is 11.7. The third kappa shape index (κ3) is 2.66. The fourth-order valence-electron chi connectivity index (χ4n) is 2.29. The first-order valence-corrected chi connectivity index (χ1v) is 6.32. The third-order valence-corrected chi connectivity index (χ3v) is 3.36. The third-order valence-electron chi connectivity index (χ3n) is 3.12. The predicted molar refractivity (Wildman–Crippen MR) is 69.9 cm³/mol. The fraction of sp³-hybridized carbons (Fsp3) is 0.429. The summed E-state index contributed by atoms with van der Waals surface area (Å²) in [6.07, 6.45) is 7.77. The van der Waals surface area contributed by atoms with Gasteiger partial charge in [-0.15, -0.1) is 0 Å². The number of rotatable bonds is 4. The number of aryl methyl sites for hydroxylation is 1. The van der Waals surface area contributed by atoms with E-state index < -0.39 is 0 Å². The molecule has 0 fully saturated rings. The van der Waals surface area contributed by atoms with Crippen LogP contribution in [-0.2, 0) is 6.42 Å². The summed E-state index contributed by atoms with van der Waals surface area (Å²) in [7, 11) is 0. The first-order chi connectivity index (χ1) is 7.81. The van der Waals surface area contributed by atoms with Crippen LogP contribution >= 0.6 is 11.6 Å². The Morgan fingerprint density at radius 1 is 1.50 bits per heavy atom. The molecule has 1 atom stereocenters. The standard InChI is InChI=1S/C14H18ClN/c1-2-3-4-9-16-14-8-6-11-5-7-12(15)10-13(11)14/h2-3,5,7,10,14,16H,4,6,8-9H2,1H3/b3-2+. The Hall–Kier alpha value is -0.790. The molecule has 1 aromatic carbocycles. The van der Waals surface area contributed by atoms with Gasteiger partial charge in [-0.25, -0.2) is 0 Å². The highest BCUT2D eigenvalue weighted by Gasteiger charge is 2.21. The molecule has 1 N–H and O–H groups in total. The molecule has 0 aromatic heterocycles. The monoisotopic (exact) mass is 235 g/mol. The van der Waals surface area contributed by atoms with Crippen molar-refractivity contribution < 1.29 is 0 Å². The molecule has 1 aromatic rings. The van der Waals surface area contributed by atoms with Crippen LogP contribution in [0.2, 0.25) is 5.02 Å². The molecule has 1 unspecified atom stereocenters. The van der Waals surface area contributed by atoms with Crippen LogP contribution in [-0.4, -0.2) is 6.54 Å². The second kappa shape index (κ2) is 5.51. The van der Waals surface area contributed by atoms with Crippen molar-refractivity contribution in [1.82, 2.24) is 5.32 Å². The summed E-state index contributed by atoms with van der Waals surface area (Å²) in [6, 6.07) is 6.75. The smallest absolute Gasteiger partial charge is 0.0409 e. The molecular formula is C14H18ClN. The van der Waals surface area contributed by atoms with Crippen LogP contribution in [0.4, 0.5) is 0 Å². The number of fused-ring (bicyclic) bond motifs is 1. The molecule has 0 heterocycles. The van der Waals surface area contributed by atoms with E-state index >= 15 is 0 Å². The highest BCUT2D eigenvalue weighted by molar-refractivity contribution is 6.30. The Labute approximate surface area is 103 Å². The van der Waals surface area contributed by atoms with Crippen molar-refractivity contribution in [3.05, 3.63) is 46.5 Å². The van der Waals surface area contributed by atoms with Crippen molar-refractivity contribution in [3.63, 3.8) is 0 Å². The van der Waals surface area contributed by atoms with Gasteiger partial charge in [-0.1, -0.05) is 29.8 Å². The maximum atomic E-state index is 6.03. The summed E-state index contributed by atoms with van der Waals surface area (Å²) in [5.74, 6) is 0. The van der Waals surface area contributed by atoms with Gasteiger partial charge in [0.15, 0.2) is 0 Å². The van der Waals surface area contributed by atoms with Crippen molar-refractivity contribution in [1.29, 1.82) is 0 Å². The quantitative estimate of drug-likeness (QED) is 0.617. The number of halogens is 1. The van der Waals surface area contributed by atoms with Crippen LogP contribution in [0.1, 0.15) is 36.9 Å². The number of benzene rings is 1. The Morgan fingerprint density at radius 3 is 3.19 bits per heavy atom. The van der Waals surface area contributed by atoms with Crippen LogP contribution in [0.3, 0.4) is 0 Å². The minimum absolute atomic E-state index is 0.499. The van der Waals surface area contributed by atoms with Gasteiger partial charge in [0.1, 0.15) is 0 Å². The molecule has 0 saturated heterocycles. The minimum Gasteiger partial charge on any atom is -0.310 e. The molecule has 2 heteroatoms. The summed E-state index contributed by atoms with van der Waals surface area (Å²) in [5, 5.41) is 4.44. The van der Waals surface area contributed by atoms with Gasteiger partial charge in [-0.3, -0.25) is 0 Å². The molecule has 2 rings (SSSR count). The highest BCUT2D eigenvalue weighted by atomic mass is 35.5. The molecule has 86 valence electrons. The van der Waals surface area contributed by atoms with E-state index in [9.17, 15) is 0 Å². The number of hydrogen-bond acceptors (Lipinski definition) is 1. The second-order valence-electron chi connectivity index (χ2n) is 4.25. The topological polar surface area (TPSA) is 12.0 Å². The van der Waals surface area contributed by atoms with Gasteiger partial charge in [0.2, 0.25) is 0 Å². The number of nitrogens with one attached hydrogen (secondary N) is 1. The van der Waals surface area contributed by atoms with Gasteiger partial charge < -0.3 is 5.32 Å². The average molecular weight is 236 g/mol. The number of hydrogen-bond donors (Lipinski definition) is 1. The molecule has 0 saturated carbocycles. The van der Waals surface area contributed by atoms with E-state index in [1.807, 2.05) is 6.07 Å². The summed E-state index contributed by atoms with van der Waals surface area (Å²) in [5.41, 5.74) is 2.85. The second-order valence-corrected chi connectivity index (χ2v) is 4.68. The summed E-state index contributed by atoms with van der Waals surface area (Å²) in [6.45, 7) is 3.10. The Morgan fingerprint density at radius 2 is 2.38 bits per heavy atom. The van der Waals surface area contributed by atoms with Crippen molar-refractivity contribution in [3.8, 4) is 0 Å². The summed E-state index contributed by atoms with van der Waals surface area (Å²) in [4.78, 5) is 0. The van der Waals surface area contributed by atoms with Gasteiger partial charge in [-0.05, 0) is 56.0 Å². The van der Waals surface area contributed by atoms with Gasteiger partial charge in [0, 0.05) is 11.1 Å². The van der Waals surface area contributed by atoms with Gasteiger partial charge in [0.05, 0.1) is 0 Å². The van der Waals surface area contributed by atoms with E-state index in [0.717, 1.165) is 18.0 Å². The Kier molecular flexibility index (Phi) is 4.03.